The normalized spacial score (nSPS) is 8.36. The van der Waals surface area contributed by atoms with E-state index in [4.69, 9.17) is 5.26 Å². The SMILES string of the molecule is CC=CC#N.O=c1occo1. The molecule has 0 aromatic carbocycles. The number of rotatable bonds is 0. The highest BCUT2D eigenvalue weighted by Crippen LogP contribution is 1.70. The molecule has 4 heteroatoms. The maximum Gasteiger partial charge on any atom is 0.518 e. The van der Waals surface area contributed by atoms with Gasteiger partial charge in [-0.2, -0.15) is 5.26 Å². The molecule has 1 rings (SSSR count). The van der Waals surface area contributed by atoms with Crippen LogP contribution in [-0.2, 0) is 0 Å². The summed E-state index contributed by atoms with van der Waals surface area (Å²) in [5.41, 5.74) is 0. The first-order chi connectivity index (χ1) is 5.31. The number of hydrogen-bond acceptors (Lipinski definition) is 4. The lowest BCUT2D eigenvalue weighted by Gasteiger charge is -1.49. The van der Waals surface area contributed by atoms with Gasteiger partial charge >= 0.3 is 5.82 Å². The summed E-state index contributed by atoms with van der Waals surface area (Å²) in [5, 5.41) is 7.73. The zero-order valence-corrected chi connectivity index (χ0v) is 5.98. The fourth-order valence-electron chi connectivity index (χ4n) is 0.269. The van der Waals surface area contributed by atoms with E-state index < -0.39 is 5.82 Å². The van der Waals surface area contributed by atoms with Crippen molar-refractivity contribution in [1.29, 1.82) is 5.26 Å². The minimum absolute atomic E-state index is 0.657. The van der Waals surface area contributed by atoms with Crippen LogP contribution in [0, 0.1) is 11.3 Å². The number of allylic oxidation sites excluding steroid dienone is 2. The van der Waals surface area contributed by atoms with E-state index >= 15 is 0 Å². The highest BCUT2D eigenvalue weighted by atomic mass is 16.5. The van der Waals surface area contributed by atoms with Gasteiger partial charge in [-0.25, -0.2) is 4.79 Å². The number of nitriles is 1. The van der Waals surface area contributed by atoms with Gasteiger partial charge in [-0.15, -0.1) is 0 Å². The van der Waals surface area contributed by atoms with Crippen molar-refractivity contribution in [2.75, 3.05) is 0 Å². The Morgan fingerprint density at radius 1 is 1.55 bits per heavy atom. The third-order valence-corrected chi connectivity index (χ3v) is 0.625. The van der Waals surface area contributed by atoms with Gasteiger partial charge < -0.3 is 8.83 Å². The van der Waals surface area contributed by atoms with E-state index in [2.05, 4.69) is 8.83 Å². The lowest BCUT2D eigenvalue weighted by molar-refractivity contribution is 0.385. The molecule has 4 nitrogen and oxygen atoms in total. The van der Waals surface area contributed by atoms with Gasteiger partial charge in [0, 0.05) is 6.08 Å². The summed E-state index contributed by atoms with van der Waals surface area (Å²) in [5.74, 6) is -0.657. The molecule has 0 unspecified atom stereocenters. The summed E-state index contributed by atoms with van der Waals surface area (Å²) in [7, 11) is 0. The molecular weight excluding hydrogens is 146 g/mol. The van der Waals surface area contributed by atoms with Crippen molar-refractivity contribution in [3.8, 4) is 6.07 Å². The molecule has 0 radical (unpaired) electrons. The van der Waals surface area contributed by atoms with Gasteiger partial charge in [-0.1, -0.05) is 6.08 Å². The lowest BCUT2D eigenvalue weighted by Crippen LogP contribution is -1.83. The van der Waals surface area contributed by atoms with Gasteiger partial charge in [-0.05, 0) is 6.92 Å². The molecule has 0 saturated heterocycles. The Labute approximate surface area is 63.4 Å². The van der Waals surface area contributed by atoms with Crippen molar-refractivity contribution in [2.24, 2.45) is 0 Å². The minimum atomic E-state index is -0.657. The Hall–Kier alpha value is -1.76. The molecule has 0 fully saturated rings. The Morgan fingerprint density at radius 3 is 2.18 bits per heavy atom. The Kier molecular flexibility index (Phi) is 5.34. The van der Waals surface area contributed by atoms with E-state index in [0.29, 0.717) is 0 Å². The zero-order chi connectivity index (χ0) is 8.53. The molecule has 0 bridgehead atoms. The largest absolute Gasteiger partial charge is 0.518 e. The molecule has 0 aliphatic rings. The molecule has 0 spiro atoms. The molecule has 1 aromatic rings. The van der Waals surface area contributed by atoms with Crippen molar-refractivity contribution >= 4 is 0 Å². The van der Waals surface area contributed by atoms with Gasteiger partial charge in [0.25, 0.3) is 0 Å². The number of nitrogens with zero attached hydrogens (tertiary/aromatic N) is 1. The van der Waals surface area contributed by atoms with Crippen LogP contribution >= 0.6 is 0 Å². The number of hydrogen-bond donors (Lipinski definition) is 0. The first-order valence-electron chi connectivity index (χ1n) is 2.84. The third kappa shape index (κ3) is 6.12. The quantitative estimate of drug-likeness (QED) is 0.527. The van der Waals surface area contributed by atoms with Gasteiger partial charge in [0.1, 0.15) is 12.5 Å². The van der Waals surface area contributed by atoms with Gasteiger partial charge in [-0.3, -0.25) is 0 Å². The standard InChI is InChI=1S/C4H5N.C3H2O3/c1-2-3-4-5;4-3-5-1-2-6-3/h2-3H,1H3;1-2H. The van der Waals surface area contributed by atoms with E-state index in [0.717, 1.165) is 0 Å². The van der Waals surface area contributed by atoms with E-state index in [1.165, 1.54) is 18.6 Å². The summed E-state index contributed by atoms with van der Waals surface area (Å²) < 4.78 is 8.22. The first kappa shape index (κ1) is 9.24. The predicted octanol–water partition coefficient (Wildman–Crippen LogP) is 1.32. The maximum atomic E-state index is 9.74. The summed E-state index contributed by atoms with van der Waals surface area (Å²) in [6, 6.07) is 1.84. The fourth-order valence-corrected chi connectivity index (χ4v) is 0.269. The molecule has 58 valence electrons. The average Bonchev–Trinajstić information content (AvgIpc) is 2.43. The van der Waals surface area contributed by atoms with Crippen LogP contribution in [0.5, 0.6) is 0 Å². The van der Waals surface area contributed by atoms with Crippen molar-refractivity contribution in [3.63, 3.8) is 0 Å². The first-order valence-corrected chi connectivity index (χ1v) is 2.84. The predicted molar refractivity (Wildman–Crippen MR) is 37.7 cm³/mol. The fraction of sp³-hybridized carbons (Fsp3) is 0.143. The van der Waals surface area contributed by atoms with Crippen LogP contribution < -0.4 is 5.82 Å². The second kappa shape index (κ2) is 6.36. The van der Waals surface area contributed by atoms with Crippen molar-refractivity contribution in [3.05, 3.63) is 35.3 Å². The van der Waals surface area contributed by atoms with Crippen LogP contribution in [-0.4, -0.2) is 0 Å². The molecule has 0 N–H and O–H groups in total. The smallest absolute Gasteiger partial charge is 0.399 e. The van der Waals surface area contributed by atoms with Crippen LogP contribution in [0.3, 0.4) is 0 Å². The van der Waals surface area contributed by atoms with Gasteiger partial charge in [0.2, 0.25) is 0 Å². The van der Waals surface area contributed by atoms with E-state index in [1.54, 1.807) is 6.08 Å². The summed E-state index contributed by atoms with van der Waals surface area (Å²) in [6.45, 7) is 1.81. The highest BCUT2D eigenvalue weighted by molar-refractivity contribution is 4.99. The van der Waals surface area contributed by atoms with Crippen molar-refractivity contribution in [2.45, 2.75) is 6.92 Å². The van der Waals surface area contributed by atoms with E-state index in [-0.39, 0.29) is 0 Å². The highest BCUT2D eigenvalue weighted by Gasteiger charge is 1.77. The van der Waals surface area contributed by atoms with Crippen LogP contribution in [0.4, 0.5) is 0 Å². The molecule has 1 heterocycles. The maximum absolute atomic E-state index is 9.74. The molecule has 0 amide bonds. The second-order valence-corrected chi connectivity index (χ2v) is 1.39. The van der Waals surface area contributed by atoms with Crippen LogP contribution in [0.15, 0.2) is 38.3 Å². The average molecular weight is 153 g/mol. The zero-order valence-electron chi connectivity index (χ0n) is 5.98. The molecular formula is C7H7NO3. The summed E-state index contributed by atoms with van der Waals surface area (Å²) >= 11 is 0. The Bertz CT molecular complexity index is 272. The molecule has 1 aromatic heterocycles. The van der Waals surface area contributed by atoms with E-state index in [1.807, 2.05) is 13.0 Å². The van der Waals surface area contributed by atoms with Crippen LogP contribution in [0.25, 0.3) is 0 Å². The third-order valence-electron chi connectivity index (χ3n) is 0.625. The lowest BCUT2D eigenvalue weighted by atomic mass is 10.6. The van der Waals surface area contributed by atoms with Crippen molar-refractivity contribution in [1.82, 2.24) is 0 Å². The van der Waals surface area contributed by atoms with Crippen LogP contribution in [0.1, 0.15) is 6.92 Å². The Balaban J connectivity index is 0.000000187. The summed E-state index contributed by atoms with van der Waals surface area (Å²) in [4.78, 5) is 9.74. The van der Waals surface area contributed by atoms with Gasteiger partial charge in [0.05, 0.1) is 6.07 Å². The molecule has 11 heavy (non-hydrogen) atoms. The van der Waals surface area contributed by atoms with Crippen LogP contribution in [0.2, 0.25) is 0 Å². The molecule has 0 aliphatic heterocycles. The van der Waals surface area contributed by atoms with Crippen molar-refractivity contribution < 1.29 is 8.83 Å². The second-order valence-electron chi connectivity index (χ2n) is 1.39. The Morgan fingerprint density at radius 2 is 2.09 bits per heavy atom. The monoisotopic (exact) mass is 153 g/mol. The summed E-state index contributed by atoms with van der Waals surface area (Å²) in [6.07, 6.45) is 5.49. The van der Waals surface area contributed by atoms with Gasteiger partial charge in [0.15, 0.2) is 0 Å². The molecule has 0 aliphatic carbocycles. The molecule has 0 atom stereocenters. The van der Waals surface area contributed by atoms with E-state index in [9.17, 15) is 4.79 Å². The molecule has 0 saturated carbocycles. The minimum Gasteiger partial charge on any atom is -0.399 e. The topological polar surface area (TPSA) is 67.1 Å².